The maximum absolute atomic E-state index is 13.4. The zero-order valence-corrected chi connectivity index (χ0v) is 36.1. The summed E-state index contributed by atoms with van der Waals surface area (Å²) in [4.78, 5) is 65.6. The number of rotatable bonds is 15. The zero-order valence-electron chi connectivity index (χ0n) is 36.1. The van der Waals surface area contributed by atoms with Crippen molar-refractivity contribution >= 4 is 30.0 Å². The number of aromatic nitrogens is 3. The maximum Gasteiger partial charge on any atom is 0.308 e. The predicted octanol–water partition coefficient (Wildman–Crippen LogP) is 7.19. The van der Waals surface area contributed by atoms with Crippen LogP contribution < -0.4 is 0 Å². The predicted molar refractivity (Wildman–Crippen MR) is 220 cm³/mol. The minimum Gasteiger partial charge on any atom is -0.462 e. The number of hydrogen-bond acceptors (Lipinski definition) is 15. The molecule has 0 aliphatic carbocycles. The van der Waals surface area contributed by atoms with Crippen molar-refractivity contribution in [2.24, 2.45) is 23.7 Å². The number of amides is 1. The van der Waals surface area contributed by atoms with Gasteiger partial charge < -0.3 is 42.2 Å². The van der Waals surface area contributed by atoms with Crippen LogP contribution >= 0.6 is 0 Å². The summed E-state index contributed by atoms with van der Waals surface area (Å²) in [5, 5.41) is 10.9. The SMILES string of the molecule is CO[C@@H](C[C@H]1OC(=O)C[C@@H](O)CCCC(=O)[C@@H](C)[C@@H](OC)c2coc(n2)-c2coc(n2)-c2coc(n2)C=CCC[C@H]1C)[C@@H](C)CCC(=O)[C@H](C)[C@@H](CC=CN(C)C=O)OC. The Kier molecular flexibility index (Phi) is 19.1. The second kappa shape index (κ2) is 23.9. The van der Waals surface area contributed by atoms with Gasteiger partial charge in [0.15, 0.2) is 11.4 Å². The first-order valence-corrected chi connectivity index (χ1v) is 20.7. The minimum atomic E-state index is -1.01. The maximum atomic E-state index is 13.4. The lowest BCUT2D eigenvalue weighted by Crippen LogP contribution is -2.34. The Balaban J connectivity index is 1.47. The van der Waals surface area contributed by atoms with Crippen molar-refractivity contribution in [3.63, 3.8) is 0 Å². The molecule has 4 rings (SSSR count). The largest absolute Gasteiger partial charge is 0.462 e. The molecule has 3 aromatic heterocycles. The third kappa shape index (κ3) is 13.9. The molecule has 0 aromatic carbocycles. The van der Waals surface area contributed by atoms with Gasteiger partial charge in [-0.2, -0.15) is 0 Å². The van der Waals surface area contributed by atoms with Crippen molar-refractivity contribution in [3.05, 3.63) is 48.7 Å². The zero-order chi connectivity index (χ0) is 43.8. The summed E-state index contributed by atoms with van der Waals surface area (Å²) in [6.07, 6.45) is 12.6. The van der Waals surface area contributed by atoms with E-state index in [1.165, 1.54) is 30.8 Å². The van der Waals surface area contributed by atoms with Crippen molar-refractivity contribution < 1.29 is 56.5 Å². The Labute approximate surface area is 352 Å². The quantitative estimate of drug-likeness (QED) is 0.119. The molecule has 4 heterocycles. The number of allylic oxidation sites excluding steroid dienone is 1. The number of carbonyl (C=O) groups excluding carboxylic acids is 4. The molecule has 16 nitrogen and oxygen atoms in total. The number of cyclic esters (lactones) is 1. The summed E-state index contributed by atoms with van der Waals surface area (Å²) in [5.74, 6) is -0.952. The average Bonchev–Trinajstić information content (AvgIpc) is 4.03. The molecule has 1 amide bonds. The second-order valence-corrected chi connectivity index (χ2v) is 15.8. The molecule has 3 aromatic rings. The number of hydrogen-bond donors (Lipinski definition) is 1. The normalized spacial score (nSPS) is 23.2. The lowest BCUT2D eigenvalue weighted by atomic mass is 9.86. The molecule has 60 heavy (non-hydrogen) atoms. The Morgan fingerprint density at radius 3 is 2.40 bits per heavy atom. The molecule has 1 aliphatic rings. The number of carbonyl (C=O) groups is 4. The molecule has 0 unspecified atom stereocenters. The number of esters is 1. The van der Waals surface area contributed by atoms with E-state index < -0.39 is 30.2 Å². The number of methoxy groups -OCH3 is 3. The molecule has 0 radical (unpaired) electrons. The second-order valence-electron chi connectivity index (χ2n) is 15.8. The Morgan fingerprint density at radius 1 is 0.983 bits per heavy atom. The summed E-state index contributed by atoms with van der Waals surface area (Å²) < 4.78 is 40.3. The van der Waals surface area contributed by atoms with E-state index in [2.05, 4.69) is 15.0 Å². The van der Waals surface area contributed by atoms with Crippen LogP contribution in [0.15, 0.2) is 50.4 Å². The number of fused-ring (bicyclic) bond motifs is 8. The fraction of sp³-hybridized carbons (Fsp3) is 0.614. The van der Waals surface area contributed by atoms with Gasteiger partial charge in [0.2, 0.25) is 24.1 Å². The monoisotopic (exact) mass is 838 g/mol. The molecular formula is C44H62N4O12. The highest BCUT2D eigenvalue weighted by Gasteiger charge is 2.32. The van der Waals surface area contributed by atoms with Crippen molar-refractivity contribution in [2.45, 2.75) is 122 Å². The summed E-state index contributed by atoms with van der Waals surface area (Å²) in [6.45, 7) is 7.62. The highest BCUT2D eigenvalue weighted by molar-refractivity contribution is 5.81. The lowest BCUT2D eigenvalue weighted by Gasteiger charge is -2.31. The number of aliphatic hydroxyl groups is 1. The van der Waals surface area contributed by atoms with Gasteiger partial charge in [0, 0.05) is 65.7 Å². The first-order valence-electron chi connectivity index (χ1n) is 20.7. The summed E-state index contributed by atoms with van der Waals surface area (Å²) in [6, 6.07) is 0. The molecule has 330 valence electrons. The van der Waals surface area contributed by atoms with Crippen LogP contribution in [-0.4, -0.2) is 102 Å². The summed E-state index contributed by atoms with van der Waals surface area (Å²) in [7, 11) is 6.30. The van der Waals surface area contributed by atoms with Crippen LogP contribution in [0.5, 0.6) is 0 Å². The molecule has 0 saturated carbocycles. The highest BCUT2D eigenvalue weighted by atomic mass is 16.5. The van der Waals surface area contributed by atoms with Gasteiger partial charge in [-0.15, -0.1) is 0 Å². The van der Waals surface area contributed by atoms with E-state index >= 15 is 0 Å². The van der Waals surface area contributed by atoms with Crippen LogP contribution in [0.3, 0.4) is 0 Å². The molecule has 16 heteroatoms. The standard InChI is InChI=1S/C44H62N4O12/c1-27-13-9-10-17-40-45-33(24-57-40)43-47-34(25-59-43)44-46-32(23-58-44)42(56-8)30(4)35(51)15-11-14-31(50)21-41(53)60-39(27)22-38(55-7)28(2)18-19-36(52)29(3)37(54-6)16-12-20-48(5)26-49/h10,12,17,20,23-31,37-39,42,50H,9,11,13-16,18-19,21-22H2,1-8H3/t27-,28+,29+,30-,31+,37-,38+,39-,42-/m1/s1. The van der Waals surface area contributed by atoms with Crippen LogP contribution in [0.4, 0.5) is 0 Å². The van der Waals surface area contributed by atoms with Gasteiger partial charge in [-0.3, -0.25) is 19.2 Å². The number of oxazole rings is 3. The van der Waals surface area contributed by atoms with Crippen molar-refractivity contribution in [1.29, 1.82) is 0 Å². The van der Waals surface area contributed by atoms with Crippen molar-refractivity contribution in [1.82, 2.24) is 19.9 Å². The van der Waals surface area contributed by atoms with Crippen LogP contribution in [0.25, 0.3) is 29.2 Å². The van der Waals surface area contributed by atoms with Gasteiger partial charge in [0.05, 0.1) is 24.7 Å². The number of ketones is 2. The molecule has 6 bridgehead atoms. The van der Waals surface area contributed by atoms with Crippen LogP contribution in [0.1, 0.15) is 110 Å². The molecular weight excluding hydrogens is 776 g/mol. The molecule has 0 fully saturated rings. The number of ether oxygens (including phenoxy) is 4. The van der Waals surface area contributed by atoms with E-state index in [0.29, 0.717) is 74.3 Å². The van der Waals surface area contributed by atoms with Crippen molar-refractivity contribution in [3.8, 4) is 23.2 Å². The van der Waals surface area contributed by atoms with E-state index in [0.717, 1.165) is 0 Å². The fourth-order valence-electron chi connectivity index (χ4n) is 7.29. The summed E-state index contributed by atoms with van der Waals surface area (Å²) >= 11 is 0. The average molecular weight is 839 g/mol. The van der Waals surface area contributed by atoms with Gasteiger partial charge in [-0.05, 0) is 56.4 Å². The fourth-order valence-corrected chi connectivity index (χ4v) is 7.29. The van der Waals surface area contributed by atoms with Crippen LogP contribution in [0.2, 0.25) is 0 Å². The Morgan fingerprint density at radius 2 is 1.68 bits per heavy atom. The molecule has 1 aliphatic heterocycles. The van der Waals surface area contributed by atoms with Gasteiger partial charge in [0.1, 0.15) is 48.3 Å². The third-order valence-electron chi connectivity index (χ3n) is 11.3. The molecule has 0 spiro atoms. The summed E-state index contributed by atoms with van der Waals surface area (Å²) in [5.41, 5.74) is 1.12. The van der Waals surface area contributed by atoms with Crippen LogP contribution in [-0.2, 0) is 38.1 Å². The number of Topliss-reactive ketones (excluding diaryl/α,β-unsaturated/α-hetero) is 2. The molecule has 9 atom stereocenters. The topological polar surface area (TPSA) is 207 Å². The Bertz CT molecular complexity index is 1870. The first kappa shape index (κ1) is 47.9. The van der Waals surface area contributed by atoms with E-state index in [1.807, 2.05) is 26.8 Å². The Hall–Kier alpha value is -4.77. The van der Waals surface area contributed by atoms with Crippen molar-refractivity contribution in [2.75, 3.05) is 28.4 Å². The molecule has 1 N–H and O–H groups in total. The van der Waals surface area contributed by atoms with E-state index in [-0.39, 0.29) is 72.6 Å². The highest BCUT2D eigenvalue weighted by Crippen LogP contribution is 2.32. The number of aliphatic hydroxyl groups excluding tert-OH is 1. The van der Waals surface area contributed by atoms with Crippen LogP contribution in [0, 0.1) is 23.7 Å². The lowest BCUT2D eigenvalue weighted by molar-refractivity contribution is -0.156. The van der Waals surface area contributed by atoms with E-state index in [9.17, 15) is 24.3 Å². The van der Waals surface area contributed by atoms with E-state index in [4.69, 9.17) is 32.2 Å². The smallest absolute Gasteiger partial charge is 0.308 e. The van der Waals surface area contributed by atoms with Gasteiger partial charge in [-0.1, -0.05) is 39.8 Å². The first-order chi connectivity index (χ1) is 28.8. The third-order valence-corrected chi connectivity index (χ3v) is 11.3. The van der Waals surface area contributed by atoms with Gasteiger partial charge in [0.25, 0.3) is 0 Å². The van der Waals surface area contributed by atoms with Gasteiger partial charge in [-0.25, -0.2) is 15.0 Å². The minimum absolute atomic E-state index is 0.0559. The van der Waals surface area contributed by atoms with Gasteiger partial charge >= 0.3 is 5.97 Å². The number of nitrogens with zero attached hydrogens (tertiary/aromatic N) is 4. The molecule has 0 saturated heterocycles. The van der Waals surface area contributed by atoms with E-state index in [1.54, 1.807) is 46.5 Å².